The maximum atomic E-state index is 12.3. The molecule has 0 fully saturated rings. The number of nitrogens with one attached hydrogen (secondary N) is 1. The number of furan rings is 1. The van der Waals surface area contributed by atoms with Crippen LogP contribution in [0.5, 0.6) is 0 Å². The van der Waals surface area contributed by atoms with Crippen LogP contribution in [0, 0.1) is 5.92 Å². The summed E-state index contributed by atoms with van der Waals surface area (Å²) in [6.45, 7) is 6.01. The predicted octanol–water partition coefficient (Wildman–Crippen LogP) is 2.82. The molecule has 1 amide bonds. The van der Waals surface area contributed by atoms with E-state index in [-0.39, 0.29) is 23.8 Å². The smallest absolute Gasteiger partial charge is 0.286 e. The van der Waals surface area contributed by atoms with E-state index >= 15 is 0 Å². The van der Waals surface area contributed by atoms with E-state index in [2.05, 4.69) is 33.9 Å². The fourth-order valence-electron chi connectivity index (χ4n) is 3.08. The molecule has 0 radical (unpaired) electrons. The predicted molar refractivity (Wildman–Crippen MR) is 116 cm³/mol. The molecule has 3 aromatic heterocycles. The van der Waals surface area contributed by atoms with Gasteiger partial charge in [-0.15, -0.1) is 10.2 Å². The Labute approximate surface area is 179 Å². The molecule has 0 saturated heterocycles. The molecule has 3 rings (SSSR count). The van der Waals surface area contributed by atoms with Gasteiger partial charge in [0.1, 0.15) is 11.6 Å². The van der Waals surface area contributed by atoms with Gasteiger partial charge in [-0.25, -0.2) is 0 Å². The van der Waals surface area contributed by atoms with Crippen molar-refractivity contribution in [1.29, 1.82) is 0 Å². The third kappa shape index (κ3) is 5.63. The highest BCUT2D eigenvalue weighted by molar-refractivity contribution is 7.98. The third-order valence-electron chi connectivity index (χ3n) is 4.50. The summed E-state index contributed by atoms with van der Waals surface area (Å²) in [6, 6.07) is 8.30. The molecule has 0 bridgehead atoms. The molecule has 160 valence electrons. The molecule has 0 aliphatic carbocycles. The number of rotatable bonds is 10. The van der Waals surface area contributed by atoms with Gasteiger partial charge in [0.25, 0.3) is 11.5 Å². The SMILES string of the molecule is CSc1nnc(CCCNC(=O)c2ccc(Cn3ccccc3=O)o2)n1CC(C)C. The Balaban J connectivity index is 1.50. The van der Waals surface area contributed by atoms with Crippen molar-refractivity contribution in [1.82, 2.24) is 24.6 Å². The standard InChI is InChI=1S/C21H27N5O3S/c1-15(2)13-26-18(23-24-21(26)30-3)7-6-11-22-20(28)17-10-9-16(29-17)14-25-12-5-4-8-19(25)27/h4-5,8-10,12,15H,6-7,11,13-14H2,1-3H3,(H,22,28). The molecular formula is C21H27N5O3S. The van der Waals surface area contributed by atoms with Gasteiger partial charge in [-0.1, -0.05) is 31.7 Å². The summed E-state index contributed by atoms with van der Waals surface area (Å²) >= 11 is 1.59. The monoisotopic (exact) mass is 429 g/mol. The average Bonchev–Trinajstić information content (AvgIpc) is 3.33. The number of carbonyl (C=O) groups excluding carboxylic acids is 1. The normalized spacial score (nSPS) is 11.2. The van der Waals surface area contributed by atoms with E-state index in [0.717, 1.165) is 30.4 Å². The number of thioether (sulfide) groups is 1. The van der Waals surface area contributed by atoms with Crippen LogP contribution in [-0.2, 0) is 19.5 Å². The summed E-state index contributed by atoms with van der Waals surface area (Å²) in [5.41, 5.74) is -0.116. The summed E-state index contributed by atoms with van der Waals surface area (Å²) in [6.07, 6.45) is 5.17. The molecular weight excluding hydrogens is 402 g/mol. The van der Waals surface area contributed by atoms with E-state index in [9.17, 15) is 9.59 Å². The average molecular weight is 430 g/mol. The van der Waals surface area contributed by atoms with Crippen LogP contribution in [0.15, 0.2) is 50.9 Å². The molecule has 9 heteroatoms. The van der Waals surface area contributed by atoms with Crippen LogP contribution in [-0.4, -0.2) is 38.0 Å². The van der Waals surface area contributed by atoms with Gasteiger partial charge >= 0.3 is 0 Å². The Morgan fingerprint density at radius 3 is 2.80 bits per heavy atom. The molecule has 3 heterocycles. The topological polar surface area (TPSA) is 94.9 Å². The van der Waals surface area contributed by atoms with Gasteiger partial charge < -0.3 is 18.9 Å². The maximum Gasteiger partial charge on any atom is 0.286 e. The van der Waals surface area contributed by atoms with Crippen LogP contribution in [0.1, 0.15) is 42.4 Å². The van der Waals surface area contributed by atoms with Gasteiger partial charge in [-0.05, 0) is 36.8 Å². The van der Waals surface area contributed by atoms with Crippen molar-refractivity contribution in [2.45, 2.75) is 44.9 Å². The zero-order chi connectivity index (χ0) is 21.5. The molecule has 0 saturated carbocycles. The quantitative estimate of drug-likeness (QED) is 0.393. The minimum Gasteiger partial charge on any atom is -0.454 e. The fraction of sp³-hybridized carbons (Fsp3) is 0.429. The summed E-state index contributed by atoms with van der Waals surface area (Å²) in [4.78, 5) is 24.1. The van der Waals surface area contributed by atoms with E-state index in [1.165, 1.54) is 10.6 Å². The lowest BCUT2D eigenvalue weighted by molar-refractivity contribution is 0.0923. The van der Waals surface area contributed by atoms with Crippen LogP contribution < -0.4 is 10.9 Å². The Hall–Kier alpha value is -2.81. The van der Waals surface area contributed by atoms with Gasteiger partial charge in [0.2, 0.25) is 0 Å². The lowest BCUT2D eigenvalue weighted by atomic mass is 10.2. The largest absolute Gasteiger partial charge is 0.454 e. The Morgan fingerprint density at radius 1 is 1.23 bits per heavy atom. The van der Waals surface area contributed by atoms with Crippen LogP contribution in [0.2, 0.25) is 0 Å². The number of pyridine rings is 1. The summed E-state index contributed by atoms with van der Waals surface area (Å²) in [5, 5.41) is 12.3. The van der Waals surface area contributed by atoms with Crippen molar-refractivity contribution in [3.8, 4) is 0 Å². The van der Waals surface area contributed by atoms with Crippen molar-refractivity contribution in [3.05, 3.63) is 64.2 Å². The van der Waals surface area contributed by atoms with E-state index in [1.54, 1.807) is 42.2 Å². The van der Waals surface area contributed by atoms with Crippen LogP contribution in [0.3, 0.4) is 0 Å². The number of nitrogens with zero attached hydrogens (tertiary/aromatic N) is 4. The molecule has 0 aliphatic heterocycles. The van der Waals surface area contributed by atoms with Crippen LogP contribution >= 0.6 is 11.8 Å². The summed E-state index contributed by atoms with van der Waals surface area (Å²) in [7, 11) is 0. The highest BCUT2D eigenvalue weighted by Crippen LogP contribution is 2.16. The zero-order valence-electron chi connectivity index (χ0n) is 17.5. The molecule has 8 nitrogen and oxygen atoms in total. The fourth-order valence-corrected chi connectivity index (χ4v) is 3.61. The molecule has 0 aliphatic rings. The third-order valence-corrected chi connectivity index (χ3v) is 5.16. The zero-order valence-corrected chi connectivity index (χ0v) is 18.3. The Kier molecular flexibility index (Phi) is 7.51. The summed E-state index contributed by atoms with van der Waals surface area (Å²) in [5.74, 6) is 1.97. The number of hydrogen-bond acceptors (Lipinski definition) is 6. The molecule has 0 atom stereocenters. The molecule has 3 aromatic rings. The van der Waals surface area contributed by atoms with Crippen LogP contribution in [0.25, 0.3) is 0 Å². The lowest BCUT2D eigenvalue weighted by Gasteiger charge is -2.11. The first-order valence-corrected chi connectivity index (χ1v) is 11.2. The van der Waals surface area contributed by atoms with Crippen LogP contribution in [0.4, 0.5) is 0 Å². The van der Waals surface area contributed by atoms with Gasteiger partial charge in [-0.2, -0.15) is 0 Å². The molecule has 0 aromatic carbocycles. The minimum absolute atomic E-state index is 0.116. The lowest BCUT2D eigenvalue weighted by Crippen LogP contribution is -2.24. The van der Waals surface area contributed by atoms with Crippen molar-refractivity contribution in [3.63, 3.8) is 0 Å². The second-order valence-corrected chi connectivity index (χ2v) is 8.17. The number of amides is 1. The van der Waals surface area contributed by atoms with E-state index in [4.69, 9.17) is 4.42 Å². The first-order valence-electron chi connectivity index (χ1n) is 9.96. The minimum atomic E-state index is -0.268. The van der Waals surface area contributed by atoms with Crippen molar-refractivity contribution < 1.29 is 9.21 Å². The molecule has 0 spiro atoms. The van der Waals surface area contributed by atoms with E-state index in [0.29, 0.717) is 18.2 Å². The second-order valence-electron chi connectivity index (χ2n) is 7.40. The van der Waals surface area contributed by atoms with Crippen molar-refractivity contribution in [2.75, 3.05) is 12.8 Å². The van der Waals surface area contributed by atoms with Gasteiger partial charge in [0.15, 0.2) is 10.9 Å². The first kappa shape index (κ1) is 21.9. The maximum absolute atomic E-state index is 12.3. The molecule has 0 unspecified atom stereocenters. The first-order chi connectivity index (χ1) is 14.5. The molecule has 30 heavy (non-hydrogen) atoms. The van der Waals surface area contributed by atoms with Gasteiger partial charge in [-0.3, -0.25) is 9.59 Å². The number of aryl methyl sites for hydroxylation is 1. The highest BCUT2D eigenvalue weighted by atomic mass is 32.2. The Bertz CT molecular complexity index is 1040. The van der Waals surface area contributed by atoms with E-state index in [1.807, 2.05) is 6.26 Å². The second kappa shape index (κ2) is 10.3. The number of hydrogen-bond donors (Lipinski definition) is 1. The summed E-state index contributed by atoms with van der Waals surface area (Å²) < 4.78 is 9.28. The number of aromatic nitrogens is 4. The van der Waals surface area contributed by atoms with Gasteiger partial charge in [0, 0.05) is 31.8 Å². The molecule has 1 N–H and O–H groups in total. The van der Waals surface area contributed by atoms with Gasteiger partial charge in [0.05, 0.1) is 6.54 Å². The van der Waals surface area contributed by atoms with Crippen molar-refractivity contribution >= 4 is 17.7 Å². The number of carbonyl (C=O) groups is 1. The van der Waals surface area contributed by atoms with Crippen molar-refractivity contribution in [2.24, 2.45) is 5.92 Å². The van der Waals surface area contributed by atoms with E-state index < -0.39 is 0 Å². The highest BCUT2D eigenvalue weighted by Gasteiger charge is 2.14. The Morgan fingerprint density at radius 2 is 2.07 bits per heavy atom.